The summed E-state index contributed by atoms with van der Waals surface area (Å²) in [6.07, 6.45) is 1.00. The van der Waals surface area contributed by atoms with Crippen molar-refractivity contribution in [2.45, 2.75) is 32.0 Å². The lowest BCUT2D eigenvalue weighted by Crippen LogP contribution is -2.43. The van der Waals surface area contributed by atoms with Crippen LogP contribution in [0.2, 0.25) is 0 Å². The van der Waals surface area contributed by atoms with Crippen molar-refractivity contribution in [2.24, 2.45) is 0 Å². The predicted octanol–water partition coefficient (Wildman–Crippen LogP) is 0.631. The lowest BCUT2D eigenvalue weighted by Gasteiger charge is -2.21. The first-order valence-corrected chi connectivity index (χ1v) is 6.30. The Morgan fingerprint density at radius 2 is 2.28 bits per heavy atom. The topological polar surface area (TPSA) is 61.7 Å². The van der Waals surface area contributed by atoms with Crippen LogP contribution in [-0.2, 0) is 6.42 Å². The quantitative estimate of drug-likeness (QED) is 0.718. The summed E-state index contributed by atoms with van der Waals surface area (Å²) >= 11 is 0. The second-order valence-corrected chi connectivity index (χ2v) is 5.34. The molecule has 0 bridgehead atoms. The normalized spacial score (nSPS) is 21.2. The molecule has 4 heteroatoms. The van der Waals surface area contributed by atoms with E-state index in [2.05, 4.69) is 18.3 Å². The van der Waals surface area contributed by atoms with Gasteiger partial charge in [-0.05, 0) is 25.5 Å². The lowest BCUT2D eigenvalue weighted by atomic mass is 10.1. The molecule has 3 N–H and O–H groups in total. The monoisotopic (exact) mass is 251 g/mol. The highest BCUT2D eigenvalue weighted by Crippen LogP contribution is 2.29. The molecular formula is C14H21NO3. The fourth-order valence-corrected chi connectivity index (χ4v) is 2.12. The Balaban J connectivity index is 1.81. The molecule has 4 nitrogen and oxygen atoms in total. The number of hydrogen-bond acceptors (Lipinski definition) is 4. The summed E-state index contributed by atoms with van der Waals surface area (Å²) in [7, 11) is 0. The molecule has 1 heterocycles. The Kier molecular flexibility index (Phi) is 3.90. The van der Waals surface area contributed by atoms with E-state index in [1.165, 1.54) is 11.1 Å². The molecule has 2 atom stereocenters. The van der Waals surface area contributed by atoms with E-state index in [0.29, 0.717) is 13.1 Å². The van der Waals surface area contributed by atoms with E-state index in [-0.39, 0.29) is 12.7 Å². The Bertz CT molecular complexity index is 418. The van der Waals surface area contributed by atoms with Crippen LogP contribution in [0, 0.1) is 6.92 Å². The first-order chi connectivity index (χ1) is 8.50. The summed E-state index contributed by atoms with van der Waals surface area (Å²) in [6, 6.07) is 6.21. The van der Waals surface area contributed by atoms with Gasteiger partial charge < -0.3 is 20.3 Å². The van der Waals surface area contributed by atoms with Crippen molar-refractivity contribution < 1.29 is 14.9 Å². The SMILES string of the molecule is Cc1ccc2c(c1)CC(CNCC(C)(O)CO)O2. The molecule has 0 aromatic heterocycles. The van der Waals surface area contributed by atoms with Crippen molar-refractivity contribution in [1.82, 2.24) is 5.32 Å². The number of hydrogen-bond donors (Lipinski definition) is 3. The minimum Gasteiger partial charge on any atom is -0.488 e. The maximum Gasteiger partial charge on any atom is 0.123 e. The smallest absolute Gasteiger partial charge is 0.123 e. The molecule has 0 saturated heterocycles. The Hall–Kier alpha value is -1.10. The van der Waals surface area contributed by atoms with Gasteiger partial charge in [-0.2, -0.15) is 0 Å². The molecule has 1 aliphatic rings. The van der Waals surface area contributed by atoms with E-state index >= 15 is 0 Å². The van der Waals surface area contributed by atoms with E-state index in [1.807, 2.05) is 12.1 Å². The van der Waals surface area contributed by atoms with Gasteiger partial charge in [-0.3, -0.25) is 0 Å². The summed E-state index contributed by atoms with van der Waals surface area (Å²) in [5, 5.41) is 21.7. The molecule has 0 radical (unpaired) electrons. The van der Waals surface area contributed by atoms with Gasteiger partial charge in [-0.1, -0.05) is 17.7 Å². The van der Waals surface area contributed by atoms with Gasteiger partial charge in [0.15, 0.2) is 0 Å². The summed E-state index contributed by atoms with van der Waals surface area (Å²) in [4.78, 5) is 0. The van der Waals surface area contributed by atoms with E-state index in [4.69, 9.17) is 9.84 Å². The van der Waals surface area contributed by atoms with Crippen molar-refractivity contribution in [1.29, 1.82) is 0 Å². The van der Waals surface area contributed by atoms with E-state index in [9.17, 15) is 5.11 Å². The van der Waals surface area contributed by atoms with Gasteiger partial charge in [0.25, 0.3) is 0 Å². The molecule has 18 heavy (non-hydrogen) atoms. The van der Waals surface area contributed by atoms with Crippen LogP contribution in [0.5, 0.6) is 5.75 Å². The molecule has 100 valence electrons. The zero-order valence-corrected chi connectivity index (χ0v) is 10.9. The van der Waals surface area contributed by atoms with Crippen LogP contribution < -0.4 is 10.1 Å². The molecular weight excluding hydrogens is 230 g/mol. The van der Waals surface area contributed by atoms with Crippen LogP contribution in [0.3, 0.4) is 0 Å². The van der Waals surface area contributed by atoms with E-state index in [0.717, 1.165) is 12.2 Å². The highest BCUT2D eigenvalue weighted by Gasteiger charge is 2.24. The number of rotatable bonds is 5. The van der Waals surface area contributed by atoms with Crippen molar-refractivity contribution in [3.8, 4) is 5.75 Å². The first-order valence-electron chi connectivity index (χ1n) is 6.30. The van der Waals surface area contributed by atoms with Gasteiger partial charge in [-0.15, -0.1) is 0 Å². The molecule has 1 aromatic rings. The maximum atomic E-state index is 9.65. The van der Waals surface area contributed by atoms with Crippen molar-refractivity contribution in [3.63, 3.8) is 0 Å². The van der Waals surface area contributed by atoms with E-state index in [1.54, 1.807) is 6.92 Å². The van der Waals surface area contributed by atoms with Crippen LogP contribution in [-0.4, -0.2) is 41.6 Å². The van der Waals surface area contributed by atoms with Gasteiger partial charge in [0, 0.05) is 19.5 Å². The zero-order valence-electron chi connectivity index (χ0n) is 10.9. The summed E-state index contributed by atoms with van der Waals surface area (Å²) in [5.74, 6) is 0.960. The standard InChI is InChI=1S/C14H21NO3/c1-10-3-4-13-11(5-10)6-12(18-13)7-15-8-14(2,17)9-16/h3-5,12,15-17H,6-9H2,1-2H3. The first kappa shape index (κ1) is 13.3. The van der Waals surface area contributed by atoms with Crippen LogP contribution in [0.1, 0.15) is 18.1 Å². The van der Waals surface area contributed by atoms with Crippen LogP contribution in [0.4, 0.5) is 0 Å². The summed E-state index contributed by atoms with van der Waals surface area (Å²) < 4.78 is 5.80. The number of ether oxygens (including phenoxy) is 1. The molecule has 1 aliphatic heterocycles. The Morgan fingerprint density at radius 1 is 1.50 bits per heavy atom. The van der Waals surface area contributed by atoms with Gasteiger partial charge in [0.1, 0.15) is 11.9 Å². The van der Waals surface area contributed by atoms with E-state index < -0.39 is 5.60 Å². The highest BCUT2D eigenvalue weighted by atomic mass is 16.5. The fraction of sp³-hybridized carbons (Fsp3) is 0.571. The minimum atomic E-state index is -1.07. The third kappa shape index (κ3) is 3.22. The van der Waals surface area contributed by atoms with Crippen molar-refractivity contribution in [2.75, 3.05) is 19.7 Å². The lowest BCUT2D eigenvalue weighted by molar-refractivity contribution is 0.00151. The average molecular weight is 251 g/mol. The van der Waals surface area contributed by atoms with Gasteiger partial charge in [0.05, 0.1) is 12.2 Å². The van der Waals surface area contributed by atoms with Crippen molar-refractivity contribution >= 4 is 0 Å². The van der Waals surface area contributed by atoms with Gasteiger partial charge in [-0.25, -0.2) is 0 Å². The number of benzene rings is 1. The number of fused-ring (bicyclic) bond motifs is 1. The van der Waals surface area contributed by atoms with Gasteiger partial charge in [0.2, 0.25) is 0 Å². The fourth-order valence-electron chi connectivity index (χ4n) is 2.12. The second kappa shape index (κ2) is 5.26. The molecule has 2 unspecified atom stereocenters. The third-order valence-corrected chi connectivity index (χ3v) is 3.18. The highest BCUT2D eigenvalue weighted by molar-refractivity contribution is 5.40. The maximum absolute atomic E-state index is 9.65. The number of nitrogens with one attached hydrogen (secondary N) is 1. The molecule has 2 rings (SSSR count). The average Bonchev–Trinajstić information content (AvgIpc) is 2.70. The predicted molar refractivity (Wildman–Crippen MR) is 69.9 cm³/mol. The van der Waals surface area contributed by atoms with Crippen LogP contribution >= 0.6 is 0 Å². The van der Waals surface area contributed by atoms with Crippen LogP contribution in [0.15, 0.2) is 18.2 Å². The number of aliphatic hydroxyl groups is 2. The molecule has 1 aromatic carbocycles. The molecule has 0 aliphatic carbocycles. The summed E-state index contributed by atoms with van der Waals surface area (Å²) in [6.45, 7) is 4.46. The second-order valence-electron chi connectivity index (χ2n) is 5.34. The summed E-state index contributed by atoms with van der Waals surface area (Å²) in [5.41, 5.74) is 1.42. The Morgan fingerprint density at radius 3 is 3.00 bits per heavy atom. The number of aryl methyl sites for hydroxylation is 1. The van der Waals surface area contributed by atoms with Gasteiger partial charge >= 0.3 is 0 Å². The molecule has 0 spiro atoms. The Labute approximate surface area is 108 Å². The zero-order chi connectivity index (χ0) is 13.2. The number of aliphatic hydroxyl groups excluding tert-OH is 1. The molecule has 0 amide bonds. The molecule has 0 saturated carbocycles. The minimum absolute atomic E-state index is 0.108. The molecule has 0 fully saturated rings. The third-order valence-electron chi connectivity index (χ3n) is 3.18. The van der Waals surface area contributed by atoms with Crippen molar-refractivity contribution in [3.05, 3.63) is 29.3 Å². The largest absolute Gasteiger partial charge is 0.488 e. The van der Waals surface area contributed by atoms with Crippen LogP contribution in [0.25, 0.3) is 0 Å².